The van der Waals surface area contributed by atoms with Crippen LogP contribution < -0.4 is 5.43 Å². The van der Waals surface area contributed by atoms with Gasteiger partial charge in [-0.25, -0.2) is 4.98 Å². The fourth-order valence-corrected chi connectivity index (χ4v) is 0.896. The number of aryl methyl sites for hydroxylation is 1. The summed E-state index contributed by atoms with van der Waals surface area (Å²) in [5.74, 6) is 0.869. The molecule has 1 rings (SSSR count). The van der Waals surface area contributed by atoms with Crippen LogP contribution in [0.2, 0.25) is 0 Å². The van der Waals surface area contributed by atoms with Crippen molar-refractivity contribution in [1.82, 2.24) is 15.4 Å². The van der Waals surface area contributed by atoms with E-state index in [0.717, 1.165) is 11.5 Å². The summed E-state index contributed by atoms with van der Waals surface area (Å²) in [4.78, 5) is 7.09. The Hall–Kier alpha value is -0.880. The molecular weight excluding hydrogens is 204 g/mol. The van der Waals surface area contributed by atoms with Gasteiger partial charge in [-0.05, 0) is 13.2 Å². The van der Waals surface area contributed by atoms with Crippen molar-refractivity contribution < 1.29 is 0 Å². The van der Waals surface area contributed by atoms with Gasteiger partial charge in [0.1, 0.15) is 11.5 Å². The molecule has 4 nitrogen and oxygen atoms in total. The van der Waals surface area contributed by atoms with Crippen LogP contribution in [0, 0.1) is 6.92 Å². The molecule has 70 valence electrons. The maximum Gasteiger partial charge on any atom is 0.153 e. The SMILES string of the molecule is CSC(=S)N/N=C/c1c[nH]c(C)n1. The first kappa shape index (κ1) is 10.2. The Labute approximate surface area is 86.2 Å². The topological polar surface area (TPSA) is 53.1 Å². The van der Waals surface area contributed by atoms with Gasteiger partial charge in [0, 0.05) is 6.20 Å². The van der Waals surface area contributed by atoms with Gasteiger partial charge in [-0.2, -0.15) is 5.10 Å². The number of nitrogens with zero attached hydrogens (tertiary/aromatic N) is 2. The van der Waals surface area contributed by atoms with E-state index in [1.165, 1.54) is 11.8 Å². The van der Waals surface area contributed by atoms with Crippen LogP contribution in [0.25, 0.3) is 0 Å². The minimum absolute atomic E-state index is 0.642. The summed E-state index contributed by atoms with van der Waals surface area (Å²) < 4.78 is 0.642. The number of H-pyrrole nitrogens is 1. The molecule has 0 bridgehead atoms. The summed E-state index contributed by atoms with van der Waals surface area (Å²) >= 11 is 6.33. The molecular formula is C7H10N4S2. The molecule has 1 heterocycles. The monoisotopic (exact) mass is 214 g/mol. The van der Waals surface area contributed by atoms with Gasteiger partial charge in [-0.15, -0.1) is 0 Å². The van der Waals surface area contributed by atoms with Gasteiger partial charge in [-0.3, -0.25) is 5.43 Å². The highest BCUT2D eigenvalue weighted by Gasteiger charge is 1.92. The van der Waals surface area contributed by atoms with E-state index in [1.807, 2.05) is 13.2 Å². The maximum atomic E-state index is 4.89. The number of rotatable bonds is 2. The molecule has 0 atom stereocenters. The van der Waals surface area contributed by atoms with Crippen LogP contribution in [0.4, 0.5) is 0 Å². The molecule has 0 amide bonds. The average Bonchev–Trinajstić information content (AvgIpc) is 2.51. The first-order valence-electron chi connectivity index (χ1n) is 3.61. The lowest BCUT2D eigenvalue weighted by Crippen LogP contribution is -2.10. The highest BCUT2D eigenvalue weighted by atomic mass is 32.2. The van der Waals surface area contributed by atoms with Crippen LogP contribution in [-0.4, -0.2) is 26.8 Å². The Kier molecular flexibility index (Phi) is 3.91. The zero-order valence-corrected chi connectivity index (χ0v) is 9.00. The lowest BCUT2D eigenvalue weighted by Gasteiger charge is -1.94. The van der Waals surface area contributed by atoms with E-state index < -0.39 is 0 Å². The maximum absolute atomic E-state index is 4.89. The van der Waals surface area contributed by atoms with E-state index >= 15 is 0 Å². The van der Waals surface area contributed by atoms with Gasteiger partial charge in [-0.1, -0.05) is 24.0 Å². The smallest absolute Gasteiger partial charge is 0.153 e. The van der Waals surface area contributed by atoms with E-state index in [4.69, 9.17) is 12.2 Å². The Morgan fingerprint density at radius 3 is 3.15 bits per heavy atom. The van der Waals surface area contributed by atoms with Crippen LogP contribution in [-0.2, 0) is 0 Å². The van der Waals surface area contributed by atoms with Crippen molar-refractivity contribution in [2.45, 2.75) is 6.92 Å². The zero-order valence-electron chi connectivity index (χ0n) is 7.37. The fourth-order valence-electron chi connectivity index (χ4n) is 0.699. The first-order chi connectivity index (χ1) is 6.22. The Balaban J connectivity index is 2.45. The summed E-state index contributed by atoms with van der Waals surface area (Å²) in [7, 11) is 0. The highest BCUT2D eigenvalue weighted by Crippen LogP contribution is 1.94. The van der Waals surface area contributed by atoms with Gasteiger partial charge < -0.3 is 4.98 Å². The summed E-state index contributed by atoms with van der Waals surface area (Å²) in [6.07, 6.45) is 5.29. The summed E-state index contributed by atoms with van der Waals surface area (Å²) in [6, 6.07) is 0. The first-order valence-corrected chi connectivity index (χ1v) is 5.24. The largest absolute Gasteiger partial charge is 0.348 e. The quantitative estimate of drug-likeness (QED) is 0.442. The van der Waals surface area contributed by atoms with Crippen molar-refractivity contribution in [2.75, 3.05) is 6.26 Å². The van der Waals surface area contributed by atoms with E-state index in [1.54, 1.807) is 12.4 Å². The number of nitrogens with one attached hydrogen (secondary N) is 2. The van der Waals surface area contributed by atoms with Crippen molar-refractivity contribution in [3.8, 4) is 0 Å². The van der Waals surface area contributed by atoms with E-state index in [-0.39, 0.29) is 0 Å². The van der Waals surface area contributed by atoms with Gasteiger partial charge >= 0.3 is 0 Å². The third-order valence-electron chi connectivity index (χ3n) is 1.26. The number of thioether (sulfide) groups is 1. The second-order valence-electron chi connectivity index (χ2n) is 2.27. The summed E-state index contributed by atoms with van der Waals surface area (Å²) in [5.41, 5.74) is 3.49. The predicted molar refractivity (Wildman–Crippen MR) is 60.2 cm³/mol. The molecule has 0 saturated heterocycles. The van der Waals surface area contributed by atoms with E-state index in [2.05, 4.69) is 20.5 Å². The van der Waals surface area contributed by atoms with Gasteiger partial charge in [0.05, 0.1) is 6.21 Å². The molecule has 0 aliphatic carbocycles. The normalized spacial score (nSPS) is 10.6. The third-order valence-corrected chi connectivity index (χ3v) is 2.32. The highest BCUT2D eigenvalue weighted by molar-refractivity contribution is 8.22. The molecule has 0 aromatic carbocycles. The molecule has 0 aliphatic rings. The molecule has 0 saturated carbocycles. The molecule has 1 aromatic heterocycles. The minimum Gasteiger partial charge on any atom is -0.348 e. The second-order valence-corrected chi connectivity index (χ2v) is 3.76. The van der Waals surface area contributed by atoms with Gasteiger partial charge in [0.2, 0.25) is 0 Å². The fraction of sp³-hybridized carbons (Fsp3) is 0.286. The molecule has 0 aliphatic heterocycles. The molecule has 1 aromatic rings. The lowest BCUT2D eigenvalue weighted by atomic mass is 10.5. The van der Waals surface area contributed by atoms with E-state index in [0.29, 0.717) is 4.32 Å². The standard InChI is InChI=1S/C7H10N4S2/c1-5-8-3-6(10-5)4-9-11-7(12)13-2/h3-4H,1-2H3,(H,8,10)(H,11,12)/b9-4+. The van der Waals surface area contributed by atoms with Crippen LogP contribution in [0.3, 0.4) is 0 Å². The zero-order chi connectivity index (χ0) is 9.68. The number of imidazole rings is 1. The molecule has 2 N–H and O–H groups in total. The molecule has 6 heteroatoms. The van der Waals surface area contributed by atoms with Gasteiger partial charge in [0.15, 0.2) is 4.32 Å². The minimum atomic E-state index is 0.642. The molecule has 0 fully saturated rings. The Morgan fingerprint density at radius 2 is 2.62 bits per heavy atom. The number of thiocarbonyl (C=S) groups is 1. The van der Waals surface area contributed by atoms with Crippen molar-refractivity contribution in [3.63, 3.8) is 0 Å². The summed E-state index contributed by atoms with van der Waals surface area (Å²) in [6.45, 7) is 1.89. The van der Waals surface area contributed by atoms with Crippen LogP contribution in [0.1, 0.15) is 11.5 Å². The van der Waals surface area contributed by atoms with Gasteiger partial charge in [0.25, 0.3) is 0 Å². The van der Waals surface area contributed by atoms with Crippen LogP contribution in [0.5, 0.6) is 0 Å². The predicted octanol–water partition coefficient (Wildman–Crippen LogP) is 1.29. The van der Waals surface area contributed by atoms with E-state index in [9.17, 15) is 0 Å². The van der Waals surface area contributed by atoms with Crippen molar-refractivity contribution in [3.05, 3.63) is 17.7 Å². The molecule has 0 unspecified atom stereocenters. The summed E-state index contributed by atoms with van der Waals surface area (Å²) in [5, 5.41) is 3.91. The molecule has 0 radical (unpaired) electrons. The third kappa shape index (κ3) is 3.56. The van der Waals surface area contributed by atoms with Crippen molar-refractivity contribution in [1.29, 1.82) is 0 Å². The number of aromatic nitrogens is 2. The van der Waals surface area contributed by atoms with Crippen LogP contribution in [0.15, 0.2) is 11.3 Å². The molecule has 0 spiro atoms. The molecule has 13 heavy (non-hydrogen) atoms. The number of hydrogen-bond donors (Lipinski definition) is 2. The Bertz CT molecular complexity index is 318. The number of hydrazone groups is 1. The van der Waals surface area contributed by atoms with Crippen molar-refractivity contribution in [2.24, 2.45) is 5.10 Å². The Morgan fingerprint density at radius 1 is 1.85 bits per heavy atom. The number of aromatic amines is 1. The lowest BCUT2D eigenvalue weighted by molar-refractivity contribution is 1.07. The average molecular weight is 214 g/mol. The van der Waals surface area contributed by atoms with Crippen LogP contribution >= 0.6 is 24.0 Å². The number of hydrogen-bond acceptors (Lipinski definition) is 4. The van der Waals surface area contributed by atoms with Crippen molar-refractivity contribution >= 4 is 34.5 Å². The second kappa shape index (κ2) is 4.98.